The molecule has 1 aliphatic carbocycles. The maximum atomic E-state index is 5.88. The van der Waals surface area contributed by atoms with Gasteiger partial charge >= 0.3 is 0 Å². The summed E-state index contributed by atoms with van der Waals surface area (Å²) in [4.78, 5) is 5.78. The van der Waals surface area contributed by atoms with Crippen molar-refractivity contribution in [1.82, 2.24) is 9.36 Å². The number of anilines is 1. The van der Waals surface area contributed by atoms with E-state index in [1.807, 2.05) is 6.07 Å². The molecule has 0 bridgehead atoms. The van der Waals surface area contributed by atoms with Crippen molar-refractivity contribution in [3.8, 4) is 0 Å². The monoisotopic (exact) mass is 285 g/mol. The maximum Gasteiger partial charge on any atom is 0.202 e. The van der Waals surface area contributed by atoms with Crippen LogP contribution >= 0.6 is 34.5 Å². The Morgan fingerprint density at radius 3 is 3.00 bits per heavy atom. The lowest BCUT2D eigenvalue weighted by molar-refractivity contribution is 0.973. The fourth-order valence-electron chi connectivity index (χ4n) is 1.59. The van der Waals surface area contributed by atoms with Crippen molar-refractivity contribution in [2.75, 3.05) is 11.9 Å². The molecule has 0 spiro atoms. The lowest BCUT2D eigenvalue weighted by Gasteiger charge is -1.99. The second-order valence-corrected chi connectivity index (χ2v) is 6.67. The van der Waals surface area contributed by atoms with Crippen molar-refractivity contribution < 1.29 is 0 Å². The third kappa shape index (κ3) is 2.97. The van der Waals surface area contributed by atoms with Gasteiger partial charge in [-0.3, -0.25) is 0 Å². The van der Waals surface area contributed by atoms with Crippen molar-refractivity contribution in [3.63, 3.8) is 0 Å². The Morgan fingerprint density at radius 1 is 1.41 bits per heavy atom. The van der Waals surface area contributed by atoms with Gasteiger partial charge in [0.05, 0.1) is 4.34 Å². The second kappa shape index (κ2) is 4.92. The van der Waals surface area contributed by atoms with Gasteiger partial charge in [0.15, 0.2) is 0 Å². The van der Waals surface area contributed by atoms with E-state index >= 15 is 0 Å². The van der Waals surface area contributed by atoms with E-state index in [0.717, 1.165) is 28.3 Å². The number of hydrogen-bond acceptors (Lipinski definition) is 5. The molecule has 0 radical (unpaired) electrons. The first-order valence-corrected chi connectivity index (χ1v) is 7.60. The summed E-state index contributed by atoms with van der Waals surface area (Å²) in [6.45, 7) is 0.885. The molecule has 1 aliphatic rings. The lowest BCUT2D eigenvalue weighted by Crippen LogP contribution is -2.03. The predicted molar refractivity (Wildman–Crippen MR) is 73.4 cm³/mol. The van der Waals surface area contributed by atoms with E-state index in [9.17, 15) is 0 Å². The number of nitrogens with one attached hydrogen (secondary N) is 1. The van der Waals surface area contributed by atoms with Crippen LogP contribution in [0.3, 0.4) is 0 Å². The molecule has 0 saturated heterocycles. The van der Waals surface area contributed by atoms with Gasteiger partial charge in [0.1, 0.15) is 5.82 Å². The van der Waals surface area contributed by atoms with E-state index in [0.29, 0.717) is 5.92 Å². The van der Waals surface area contributed by atoms with E-state index in [1.165, 1.54) is 29.3 Å². The van der Waals surface area contributed by atoms with Crippen LogP contribution in [0.2, 0.25) is 4.34 Å². The molecular formula is C11H12ClN3S2. The largest absolute Gasteiger partial charge is 0.360 e. The molecule has 0 unspecified atom stereocenters. The third-order valence-electron chi connectivity index (χ3n) is 2.66. The number of hydrogen-bond donors (Lipinski definition) is 1. The summed E-state index contributed by atoms with van der Waals surface area (Å²) in [5, 5.41) is 4.25. The highest BCUT2D eigenvalue weighted by atomic mass is 35.5. The van der Waals surface area contributed by atoms with E-state index in [4.69, 9.17) is 11.6 Å². The van der Waals surface area contributed by atoms with Crippen LogP contribution in [0.4, 0.5) is 5.13 Å². The Labute approximate surface area is 113 Å². The summed E-state index contributed by atoms with van der Waals surface area (Å²) >= 11 is 8.98. The van der Waals surface area contributed by atoms with Gasteiger partial charge in [0.25, 0.3) is 0 Å². The number of thiophene rings is 1. The van der Waals surface area contributed by atoms with Crippen LogP contribution in [-0.4, -0.2) is 15.9 Å². The highest BCUT2D eigenvalue weighted by molar-refractivity contribution is 7.16. The Balaban J connectivity index is 1.49. The minimum atomic E-state index is 0.637. The van der Waals surface area contributed by atoms with E-state index in [2.05, 4.69) is 20.7 Å². The zero-order valence-corrected chi connectivity index (χ0v) is 11.5. The molecule has 0 aliphatic heterocycles. The molecule has 0 atom stereocenters. The Bertz CT molecular complexity index is 504. The summed E-state index contributed by atoms with van der Waals surface area (Å²) in [7, 11) is 0. The number of halogens is 1. The van der Waals surface area contributed by atoms with Crippen molar-refractivity contribution in [2.45, 2.75) is 25.2 Å². The Hall–Kier alpha value is -0.650. The molecule has 17 heavy (non-hydrogen) atoms. The molecule has 1 N–H and O–H groups in total. The average molecular weight is 286 g/mol. The molecule has 90 valence electrons. The van der Waals surface area contributed by atoms with Crippen LogP contribution in [0.1, 0.15) is 29.5 Å². The van der Waals surface area contributed by atoms with Gasteiger partial charge in [-0.1, -0.05) is 11.6 Å². The summed E-state index contributed by atoms with van der Waals surface area (Å²) in [6.07, 6.45) is 3.49. The Kier molecular flexibility index (Phi) is 3.31. The first-order chi connectivity index (χ1) is 8.31. The summed E-state index contributed by atoms with van der Waals surface area (Å²) < 4.78 is 5.21. The molecular weight excluding hydrogens is 274 g/mol. The van der Waals surface area contributed by atoms with Crippen molar-refractivity contribution in [2.24, 2.45) is 0 Å². The fraction of sp³-hybridized carbons (Fsp3) is 0.455. The van der Waals surface area contributed by atoms with Gasteiger partial charge in [-0.15, -0.1) is 11.3 Å². The van der Waals surface area contributed by atoms with Gasteiger partial charge in [-0.05, 0) is 31.4 Å². The SMILES string of the molecule is Clc1ccc(CCNc2nc(C3CC3)ns2)s1. The van der Waals surface area contributed by atoms with Crippen molar-refractivity contribution in [1.29, 1.82) is 0 Å². The number of nitrogens with zero attached hydrogens (tertiary/aromatic N) is 2. The standard InChI is InChI=1S/C11H12ClN3S2/c12-9-4-3-8(16-9)5-6-13-11-14-10(15-17-11)7-1-2-7/h3-4,7H,1-2,5-6H2,(H,13,14,15). The van der Waals surface area contributed by atoms with Gasteiger partial charge in [-0.2, -0.15) is 4.37 Å². The Morgan fingerprint density at radius 2 is 2.29 bits per heavy atom. The van der Waals surface area contributed by atoms with Crippen molar-refractivity contribution in [3.05, 3.63) is 27.2 Å². The molecule has 2 aromatic rings. The van der Waals surface area contributed by atoms with Gasteiger partial charge in [0.2, 0.25) is 5.13 Å². The highest BCUT2D eigenvalue weighted by Gasteiger charge is 2.27. The smallest absolute Gasteiger partial charge is 0.202 e. The molecule has 0 aromatic carbocycles. The highest BCUT2D eigenvalue weighted by Crippen LogP contribution is 2.39. The van der Waals surface area contributed by atoms with E-state index in [1.54, 1.807) is 11.3 Å². The van der Waals surface area contributed by atoms with Crippen LogP contribution in [0.25, 0.3) is 0 Å². The zero-order chi connectivity index (χ0) is 11.7. The molecule has 1 saturated carbocycles. The van der Waals surface area contributed by atoms with Crippen LogP contribution in [-0.2, 0) is 6.42 Å². The normalized spacial score (nSPS) is 15.1. The van der Waals surface area contributed by atoms with E-state index < -0.39 is 0 Å². The van der Waals surface area contributed by atoms with Gasteiger partial charge < -0.3 is 5.32 Å². The summed E-state index contributed by atoms with van der Waals surface area (Å²) in [6, 6.07) is 4.02. The van der Waals surface area contributed by atoms with Gasteiger partial charge in [-0.25, -0.2) is 4.98 Å². The van der Waals surface area contributed by atoms with Crippen molar-refractivity contribution >= 4 is 39.6 Å². The first-order valence-electron chi connectivity index (χ1n) is 5.63. The fourth-order valence-corrected chi connectivity index (χ4v) is 3.35. The topological polar surface area (TPSA) is 37.8 Å². The minimum absolute atomic E-state index is 0.637. The van der Waals surface area contributed by atoms with Gasteiger partial charge in [0, 0.05) is 28.9 Å². The molecule has 3 nitrogen and oxygen atoms in total. The van der Waals surface area contributed by atoms with E-state index in [-0.39, 0.29) is 0 Å². The molecule has 2 aromatic heterocycles. The second-order valence-electron chi connectivity index (χ2n) is 4.11. The number of rotatable bonds is 5. The number of aromatic nitrogens is 2. The maximum absolute atomic E-state index is 5.88. The lowest BCUT2D eigenvalue weighted by atomic mass is 10.3. The molecule has 2 heterocycles. The summed E-state index contributed by atoms with van der Waals surface area (Å²) in [5.41, 5.74) is 0. The first kappa shape index (κ1) is 11.4. The predicted octanol–water partition coefficient (Wildman–Crippen LogP) is 3.79. The zero-order valence-electron chi connectivity index (χ0n) is 9.15. The molecule has 6 heteroatoms. The molecule has 0 amide bonds. The molecule has 1 fully saturated rings. The average Bonchev–Trinajstić information content (AvgIpc) is 2.93. The molecule has 3 rings (SSSR count). The van der Waals surface area contributed by atoms with Crippen LogP contribution in [0.5, 0.6) is 0 Å². The van der Waals surface area contributed by atoms with Crippen LogP contribution < -0.4 is 5.32 Å². The summed E-state index contributed by atoms with van der Waals surface area (Å²) in [5.74, 6) is 1.66. The third-order valence-corrected chi connectivity index (χ3v) is 4.64. The van der Waals surface area contributed by atoms with Crippen LogP contribution in [0, 0.1) is 0 Å². The quantitative estimate of drug-likeness (QED) is 0.908. The van der Waals surface area contributed by atoms with Crippen LogP contribution in [0.15, 0.2) is 12.1 Å². The minimum Gasteiger partial charge on any atom is -0.360 e.